The summed E-state index contributed by atoms with van der Waals surface area (Å²) < 4.78 is 8.40. The van der Waals surface area contributed by atoms with Crippen molar-refractivity contribution in [1.82, 2.24) is 9.55 Å². The third kappa shape index (κ3) is 2.55. The van der Waals surface area contributed by atoms with Crippen LogP contribution in [0.25, 0.3) is 22.6 Å². The number of rotatable bonds is 4. The lowest BCUT2D eigenvalue weighted by Crippen LogP contribution is -2.36. The van der Waals surface area contributed by atoms with E-state index in [0.29, 0.717) is 0 Å². The number of hydrogen-bond acceptors (Lipinski definition) is 2. The molecule has 0 N–H and O–H groups in total. The maximum absolute atomic E-state index is 6.13. The summed E-state index contributed by atoms with van der Waals surface area (Å²) >= 11 is 0. The van der Waals surface area contributed by atoms with Crippen LogP contribution in [0.5, 0.6) is 0 Å². The second-order valence-corrected chi connectivity index (χ2v) is 11.5. The van der Waals surface area contributed by atoms with Crippen LogP contribution in [0, 0.1) is 0 Å². The number of aryl methyl sites for hydroxylation is 1. The Morgan fingerprint density at radius 2 is 1.86 bits per heavy atom. The zero-order valence-electron chi connectivity index (χ0n) is 13.2. The Labute approximate surface area is 126 Å². The Morgan fingerprint density at radius 3 is 2.52 bits per heavy atom. The standard InChI is InChI=1S/C17H22N2OSi/c1-5-12-19-14-9-7-6-8-13(14)18-17(19)15-10-11-16(20-15)21(2,3)4/h6-11H,5,12H2,1-4H3. The van der Waals surface area contributed by atoms with Crippen LogP contribution in [0.4, 0.5) is 0 Å². The molecule has 110 valence electrons. The lowest BCUT2D eigenvalue weighted by Gasteiger charge is -2.11. The first kappa shape index (κ1) is 14.1. The van der Waals surface area contributed by atoms with E-state index in [9.17, 15) is 0 Å². The van der Waals surface area contributed by atoms with Gasteiger partial charge in [-0.1, -0.05) is 38.7 Å². The van der Waals surface area contributed by atoms with Gasteiger partial charge in [-0.25, -0.2) is 4.98 Å². The van der Waals surface area contributed by atoms with Crippen molar-refractivity contribution in [3.63, 3.8) is 0 Å². The van der Waals surface area contributed by atoms with Crippen LogP contribution in [0.3, 0.4) is 0 Å². The molecule has 0 aliphatic heterocycles. The van der Waals surface area contributed by atoms with Crippen molar-refractivity contribution in [2.75, 3.05) is 0 Å². The molecule has 2 aromatic heterocycles. The lowest BCUT2D eigenvalue weighted by molar-refractivity contribution is 0.595. The Morgan fingerprint density at radius 1 is 1.10 bits per heavy atom. The summed E-state index contributed by atoms with van der Waals surface area (Å²) in [5.74, 6) is 1.83. The number of hydrogen-bond donors (Lipinski definition) is 0. The normalized spacial score (nSPS) is 12.2. The lowest BCUT2D eigenvalue weighted by atomic mass is 10.3. The van der Waals surface area contributed by atoms with Crippen LogP contribution < -0.4 is 5.38 Å². The molecule has 3 aromatic rings. The largest absolute Gasteiger partial charge is 0.463 e. The van der Waals surface area contributed by atoms with Crippen LogP contribution in [0.2, 0.25) is 19.6 Å². The first-order valence-electron chi connectivity index (χ1n) is 7.56. The average Bonchev–Trinajstić information content (AvgIpc) is 3.03. The molecule has 0 amide bonds. The van der Waals surface area contributed by atoms with E-state index in [1.807, 2.05) is 6.07 Å². The molecule has 0 aliphatic carbocycles. The fourth-order valence-corrected chi connectivity index (χ4v) is 3.57. The maximum atomic E-state index is 6.13. The predicted molar refractivity (Wildman–Crippen MR) is 90.7 cm³/mol. The molecule has 3 nitrogen and oxygen atoms in total. The number of nitrogens with zero attached hydrogens (tertiary/aromatic N) is 2. The predicted octanol–water partition coefficient (Wildman–Crippen LogP) is 4.25. The van der Waals surface area contributed by atoms with E-state index >= 15 is 0 Å². The molecule has 2 heterocycles. The third-order valence-electron chi connectivity index (χ3n) is 3.67. The summed E-state index contributed by atoms with van der Waals surface area (Å²) in [4.78, 5) is 4.78. The van der Waals surface area contributed by atoms with Crippen LogP contribution >= 0.6 is 0 Å². The van der Waals surface area contributed by atoms with Gasteiger partial charge in [-0.15, -0.1) is 0 Å². The zero-order valence-corrected chi connectivity index (χ0v) is 14.2. The van der Waals surface area contributed by atoms with Crippen molar-refractivity contribution in [1.29, 1.82) is 0 Å². The molecule has 0 saturated heterocycles. The minimum absolute atomic E-state index is 0.886. The van der Waals surface area contributed by atoms with Gasteiger partial charge in [0.25, 0.3) is 0 Å². The first-order valence-corrected chi connectivity index (χ1v) is 11.1. The molecule has 0 aliphatic rings. The molecule has 0 saturated carbocycles. The van der Waals surface area contributed by atoms with E-state index in [1.165, 1.54) is 5.52 Å². The van der Waals surface area contributed by atoms with Crippen molar-refractivity contribution in [2.45, 2.75) is 39.5 Å². The highest BCUT2D eigenvalue weighted by Gasteiger charge is 2.23. The monoisotopic (exact) mass is 298 g/mol. The molecule has 0 bridgehead atoms. The number of imidazole rings is 1. The van der Waals surface area contributed by atoms with Crippen LogP contribution in [0.1, 0.15) is 13.3 Å². The summed E-state index contributed by atoms with van der Waals surface area (Å²) in [6.07, 6.45) is 1.08. The minimum atomic E-state index is -1.42. The fraction of sp³-hybridized carbons (Fsp3) is 0.353. The maximum Gasteiger partial charge on any atom is 0.177 e. The third-order valence-corrected chi connectivity index (χ3v) is 5.41. The van der Waals surface area contributed by atoms with Gasteiger partial charge < -0.3 is 8.98 Å². The minimum Gasteiger partial charge on any atom is -0.463 e. The second kappa shape index (κ2) is 5.19. The van der Waals surface area contributed by atoms with E-state index in [2.05, 4.69) is 61.5 Å². The smallest absolute Gasteiger partial charge is 0.177 e. The number of para-hydroxylation sites is 2. The van der Waals surface area contributed by atoms with Gasteiger partial charge in [0.15, 0.2) is 11.6 Å². The zero-order chi connectivity index (χ0) is 15.0. The van der Waals surface area contributed by atoms with E-state index in [-0.39, 0.29) is 0 Å². The summed E-state index contributed by atoms with van der Waals surface area (Å²) in [6, 6.07) is 12.5. The molecule has 0 atom stereocenters. The topological polar surface area (TPSA) is 31.0 Å². The average molecular weight is 298 g/mol. The Balaban J connectivity index is 2.15. The molecule has 0 radical (unpaired) electrons. The summed E-state index contributed by atoms with van der Waals surface area (Å²) in [5, 5.41) is 1.13. The Hall–Kier alpha value is -1.81. The van der Waals surface area contributed by atoms with E-state index in [1.54, 1.807) is 0 Å². The van der Waals surface area contributed by atoms with E-state index in [4.69, 9.17) is 9.40 Å². The van der Waals surface area contributed by atoms with Gasteiger partial charge in [-0.3, -0.25) is 0 Å². The molecule has 3 rings (SSSR count). The molecule has 0 unspecified atom stereocenters. The Kier molecular flexibility index (Phi) is 3.49. The van der Waals surface area contributed by atoms with E-state index in [0.717, 1.165) is 35.5 Å². The highest BCUT2D eigenvalue weighted by molar-refractivity contribution is 6.87. The summed E-state index contributed by atoms with van der Waals surface area (Å²) in [5.41, 5.74) is 2.22. The fourth-order valence-electron chi connectivity index (χ4n) is 2.57. The highest BCUT2D eigenvalue weighted by atomic mass is 28.3. The second-order valence-electron chi connectivity index (χ2n) is 6.49. The van der Waals surface area contributed by atoms with Crippen LogP contribution in [0.15, 0.2) is 40.8 Å². The van der Waals surface area contributed by atoms with Gasteiger partial charge in [-0.05, 0) is 30.7 Å². The van der Waals surface area contributed by atoms with Crippen LogP contribution in [-0.4, -0.2) is 17.6 Å². The van der Waals surface area contributed by atoms with Crippen LogP contribution in [-0.2, 0) is 6.54 Å². The SMILES string of the molecule is CCCn1c(-c2ccc([Si](C)(C)C)o2)nc2ccccc21. The molecule has 21 heavy (non-hydrogen) atoms. The first-order chi connectivity index (χ1) is 10.0. The number of aromatic nitrogens is 2. The highest BCUT2D eigenvalue weighted by Crippen LogP contribution is 2.25. The number of furan rings is 1. The van der Waals surface area contributed by atoms with Gasteiger partial charge in [0.1, 0.15) is 8.07 Å². The molecule has 4 heteroatoms. The van der Waals surface area contributed by atoms with Crippen molar-refractivity contribution in [2.24, 2.45) is 0 Å². The molecular formula is C17H22N2OSi. The van der Waals surface area contributed by atoms with E-state index < -0.39 is 8.07 Å². The molecular weight excluding hydrogens is 276 g/mol. The molecule has 1 aromatic carbocycles. The summed E-state index contributed by atoms with van der Waals surface area (Å²) in [7, 11) is -1.42. The van der Waals surface area contributed by atoms with Crippen molar-refractivity contribution in [3.8, 4) is 11.6 Å². The van der Waals surface area contributed by atoms with Crippen molar-refractivity contribution >= 4 is 24.5 Å². The van der Waals surface area contributed by atoms with Gasteiger partial charge in [0, 0.05) is 6.54 Å². The Bertz CT molecular complexity index is 765. The quantitative estimate of drug-likeness (QED) is 0.674. The van der Waals surface area contributed by atoms with Gasteiger partial charge in [0.2, 0.25) is 0 Å². The molecule has 0 fully saturated rings. The van der Waals surface area contributed by atoms with Crippen molar-refractivity contribution < 1.29 is 4.42 Å². The molecule has 0 spiro atoms. The summed E-state index contributed by atoms with van der Waals surface area (Å²) in [6.45, 7) is 10.0. The van der Waals surface area contributed by atoms with Gasteiger partial charge >= 0.3 is 0 Å². The van der Waals surface area contributed by atoms with Gasteiger partial charge in [0.05, 0.1) is 16.4 Å². The van der Waals surface area contributed by atoms with Gasteiger partial charge in [-0.2, -0.15) is 0 Å². The van der Waals surface area contributed by atoms with Crippen molar-refractivity contribution in [3.05, 3.63) is 36.4 Å². The number of fused-ring (bicyclic) bond motifs is 1. The number of benzene rings is 1.